The van der Waals surface area contributed by atoms with E-state index in [1.165, 1.54) is 4.90 Å². The summed E-state index contributed by atoms with van der Waals surface area (Å²) in [5, 5.41) is 2.71. The summed E-state index contributed by atoms with van der Waals surface area (Å²) in [6.45, 7) is 6.28. The van der Waals surface area contributed by atoms with Gasteiger partial charge in [-0.1, -0.05) is 29.8 Å². The number of carbonyl (C=O) groups is 2. The summed E-state index contributed by atoms with van der Waals surface area (Å²) in [6, 6.07) is 15.1. The number of ether oxygens (including phenoxy) is 1. The first-order chi connectivity index (χ1) is 12.9. The lowest BCUT2D eigenvalue weighted by molar-refractivity contribution is -0.135. The highest BCUT2D eigenvalue weighted by molar-refractivity contribution is 6.16. The Morgan fingerprint density at radius 1 is 1.07 bits per heavy atom. The second-order valence-corrected chi connectivity index (χ2v) is 6.79. The molecule has 1 heterocycles. The minimum absolute atomic E-state index is 0.0856. The molecule has 0 bridgehead atoms. The molecule has 2 aromatic rings. The second-order valence-electron chi connectivity index (χ2n) is 6.79. The van der Waals surface area contributed by atoms with Crippen LogP contribution in [0.5, 0.6) is 5.75 Å². The van der Waals surface area contributed by atoms with Crippen molar-refractivity contribution in [2.75, 3.05) is 0 Å². The summed E-state index contributed by atoms with van der Waals surface area (Å²) in [5.41, 5.74) is 2.75. The van der Waals surface area contributed by atoms with Crippen molar-refractivity contribution in [3.63, 3.8) is 0 Å². The Morgan fingerprint density at radius 2 is 1.74 bits per heavy atom. The number of amides is 2. The maximum absolute atomic E-state index is 12.4. The third-order valence-electron chi connectivity index (χ3n) is 4.02. The normalized spacial score (nSPS) is 16.0. The van der Waals surface area contributed by atoms with Gasteiger partial charge in [0.1, 0.15) is 12.2 Å². The van der Waals surface area contributed by atoms with Crippen LogP contribution in [0.4, 0.5) is 5.69 Å². The number of aryl methyl sites for hydroxylation is 1. The Kier molecular flexibility index (Phi) is 5.54. The Morgan fingerprint density at radius 3 is 2.37 bits per heavy atom. The lowest BCUT2D eigenvalue weighted by Gasteiger charge is -2.28. The van der Waals surface area contributed by atoms with Crippen LogP contribution >= 0.6 is 0 Å². The molecule has 1 aliphatic rings. The van der Waals surface area contributed by atoms with Gasteiger partial charge in [0, 0.05) is 0 Å². The SMILES string of the molecule is Cc1ccc(CN2C(=O)CC(=O)NC2=Nc2ccc(OC(C)C)cc2)cc1. The zero-order valence-corrected chi connectivity index (χ0v) is 15.7. The van der Waals surface area contributed by atoms with Gasteiger partial charge in [-0.2, -0.15) is 0 Å². The molecular formula is C21H23N3O3. The molecule has 1 N–H and O–H groups in total. The van der Waals surface area contributed by atoms with E-state index < -0.39 is 0 Å². The molecule has 0 atom stereocenters. The molecule has 1 fully saturated rings. The molecule has 0 saturated carbocycles. The Balaban J connectivity index is 1.84. The topological polar surface area (TPSA) is 71.0 Å². The van der Waals surface area contributed by atoms with Crippen LogP contribution in [0, 0.1) is 6.92 Å². The molecule has 0 unspecified atom stereocenters. The third kappa shape index (κ3) is 4.94. The summed E-state index contributed by atoms with van der Waals surface area (Å²) in [4.78, 5) is 30.2. The van der Waals surface area contributed by atoms with E-state index in [4.69, 9.17) is 4.74 Å². The van der Waals surface area contributed by atoms with Crippen LogP contribution in [-0.4, -0.2) is 28.8 Å². The van der Waals surface area contributed by atoms with E-state index in [0.29, 0.717) is 12.2 Å². The van der Waals surface area contributed by atoms with Crippen molar-refractivity contribution in [2.45, 2.75) is 39.8 Å². The van der Waals surface area contributed by atoms with Crippen molar-refractivity contribution in [3.8, 4) is 5.75 Å². The average molecular weight is 365 g/mol. The van der Waals surface area contributed by atoms with Crippen LogP contribution in [0.15, 0.2) is 53.5 Å². The summed E-state index contributed by atoms with van der Waals surface area (Å²) >= 11 is 0. The largest absolute Gasteiger partial charge is 0.491 e. The fourth-order valence-corrected chi connectivity index (χ4v) is 2.71. The van der Waals surface area contributed by atoms with Crippen LogP contribution < -0.4 is 10.1 Å². The van der Waals surface area contributed by atoms with Gasteiger partial charge in [0.25, 0.3) is 0 Å². The van der Waals surface area contributed by atoms with Gasteiger partial charge >= 0.3 is 0 Å². The van der Waals surface area contributed by atoms with Crippen molar-refractivity contribution in [1.82, 2.24) is 10.2 Å². The highest BCUT2D eigenvalue weighted by Crippen LogP contribution is 2.21. The number of aliphatic imine (C=N–C) groups is 1. The molecule has 0 spiro atoms. The molecule has 2 aromatic carbocycles. The first kappa shape index (κ1) is 18.6. The molecule has 140 valence electrons. The van der Waals surface area contributed by atoms with Gasteiger partial charge in [0.2, 0.25) is 17.8 Å². The van der Waals surface area contributed by atoms with Crippen LogP contribution in [0.2, 0.25) is 0 Å². The minimum Gasteiger partial charge on any atom is -0.491 e. The molecule has 2 amide bonds. The maximum Gasteiger partial charge on any atom is 0.239 e. The van der Waals surface area contributed by atoms with Crippen LogP contribution in [0.25, 0.3) is 0 Å². The van der Waals surface area contributed by atoms with Crippen molar-refractivity contribution < 1.29 is 14.3 Å². The highest BCUT2D eigenvalue weighted by atomic mass is 16.5. The van der Waals surface area contributed by atoms with E-state index >= 15 is 0 Å². The van der Waals surface area contributed by atoms with Crippen molar-refractivity contribution >= 4 is 23.5 Å². The Hall–Kier alpha value is -3.15. The monoisotopic (exact) mass is 365 g/mol. The van der Waals surface area contributed by atoms with Gasteiger partial charge in [0.15, 0.2) is 0 Å². The third-order valence-corrected chi connectivity index (χ3v) is 4.02. The number of benzene rings is 2. The van der Waals surface area contributed by atoms with E-state index in [0.717, 1.165) is 16.9 Å². The molecule has 1 aliphatic heterocycles. The minimum atomic E-state index is -0.348. The molecular weight excluding hydrogens is 342 g/mol. The first-order valence-corrected chi connectivity index (χ1v) is 8.92. The number of nitrogens with zero attached hydrogens (tertiary/aromatic N) is 2. The fraction of sp³-hybridized carbons (Fsp3) is 0.286. The zero-order chi connectivity index (χ0) is 19.4. The van der Waals surface area contributed by atoms with Crippen LogP contribution in [0.1, 0.15) is 31.4 Å². The van der Waals surface area contributed by atoms with Crippen molar-refractivity contribution in [1.29, 1.82) is 0 Å². The quantitative estimate of drug-likeness (QED) is 0.826. The molecule has 3 rings (SSSR count). The molecule has 0 aliphatic carbocycles. The molecule has 6 heteroatoms. The first-order valence-electron chi connectivity index (χ1n) is 8.92. The van der Waals surface area contributed by atoms with Gasteiger partial charge < -0.3 is 4.74 Å². The summed E-state index contributed by atoms with van der Waals surface area (Å²) < 4.78 is 5.62. The van der Waals surface area contributed by atoms with Gasteiger partial charge in [-0.05, 0) is 50.6 Å². The molecule has 1 saturated heterocycles. The van der Waals surface area contributed by atoms with E-state index in [2.05, 4.69) is 10.3 Å². The molecule has 6 nitrogen and oxygen atoms in total. The van der Waals surface area contributed by atoms with E-state index in [1.807, 2.05) is 57.2 Å². The summed E-state index contributed by atoms with van der Waals surface area (Å²) in [5.74, 6) is 0.375. The van der Waals surface area contributed by atoms with E-state index in [-0.39, 0.29) is 30.3 Å². The van der Waals surface area contributed by atoms with E-state index in [9.17, 15) is 9.59 Å². The predicted octanol–water partition coefficient (Wildman–Crippen LogP) is 3.32. The summed E-state index contributed by atoms with van der Waals surface area (Å²) in [7, 11) is 0. The molecule has 27 heavy (non-hydrogen) atoms. The van der Waals surface area contributed by atoms with Crippen molar-refractivity contribution in [2.24, 2.45) is 4.99 Å². The number of carbonyl (C=O) groups excluding carboxylic acids is 2. The summed E-state index contributed by atoms with van der Waals surface area (Å²) in [6.07, 6.45) is -0.0890. The van der Waals surface area contributed by atoms with Crippen LogP contribution in [0.3, 0.4) is 0 Å². The van der Waals surface area contributed by atoms with E-state index in [1.54, 1.807) is 12.1 Å². The number of guanidine groups is 1. The van der Waals surface area contributed by atoms with Crippen molar-refractivity contribution in [3.05, 3.63) is 59.7 Å². The number of nitrogens with one attached hydrogen (secondary N) is 1. The smallest absolute Gasteiger partial charge is 0.239 e. The lowest BCUT2D eigenvalue weighted by Crippen LogP contribution is -2.53. The maximum atomic E-state index is 12.4. The van der Waals surface area contributed by atoms with Gasteiger partial charge in [0.05, 0.1) is 18.3 Å². The van der Waals surface area contributed by atoms with Crippen LogP contribution in [-0.2, 0) is 16.1 Å². The van der Waals surface area contributed by atoms with Gasteiger partial charge in [-0.25, -0.2) is 4.99 Å². The predicted molar refractivity (Wildman–Crippen MR) is 104 cm³/mol. The number of hydrogen-bond donors (Lipinski definition) is 1. The fourth-order valence-electron chi connectivity index (χ4n) is 2.71. The lowest BCUT2D eigenvalue weighted by atomic mass is 10.1. The van der Waals surface area contributed by atoms with Gasteiger partial charge in [-0.3, -0.25) is 19.8 Å². The standard InChI is InChI=1S/C21H23N3O3/c1-14(2)27-18-10-8-17(9-11-18)22-21-23-19(25)12-20(26)24(21)13-16-6-4-15(3)5-7-16/h4-11,14H,12-13H2,1-3H3,(H,22,23,25). The Bertz CT molecular complexity index is 855. The highest BCUT2D eigenvalue weighted by Gasteiger charge is 2.29. The van der Waals surface area contributed by atoms with Gasteiger partial charge in [-0.15, -0.1) is 0 Å². The Labute approximate surface area is 158 Å². The zero-order valence-electron chi connectivity index (χ0n) is 15.7. The average Bonchev–Trinajstić information content (AvgIpc) is 2.61. The molecule has 0 aromatic heterocycles. The number of rotatable bonds is 5. The number of hydrogen-bond acceptors (Lipinski definition) is 4. The molecule has 0 radical (unpaired) electrons. The second kappa shape index (κ2) is 8.03.